The minimum Gasteiger partial charge on any atom is -0.478 e. The van der Waals surface area contributed by atoms with Crippen molar-refractivity contribution in [2.75, 3.05) is 6.54 Å². The third-order valence-electron chi connectivity index (χ3n) is 2.59. The average Bonchev–Trinajstić information content (AvgIpc) is 2.43. The van der Waals surface area contributed by atoms with Crippen molar-refractivity contribution >= 4 is 12.1 Å². The third kappa shape index (κ3) is 8.28. The van der Waals surface area contributed by atoms with Crippen LogP contribution in [0.4, 0.5) is 18.0 Å². The lowest BCUT2D eigenvalue weighted by atomic mass is 10.1. The van der Waals surface area contributed by atoms with E-state index in [2.05, 4.69) is 21.9 Å². The van der Waals surface area contributed by atoms with Crippen molar-refractivity contribution in [3.63, 3.8) is 0 Å². The van der Waals surface area contributed by atoms with Crippen LogP contribution >= 0.6 is 0 Å². The highest BCUT2D eigenvalue weighted by molar-refractivity contribution is 5.91. The van der Waals surface area contributed by atoms with Gasteiger partial charge in [0.15, 0.2) is 0 Å². The molecule has 0 spiro atoms. The van der Waals surface area contributed by atoms with Crippen molar-refractivity contribution in [2.24, 2.45) is 0 Å². The van der Waals surface area contributed by atoms with Crippen molar-refractivity contribution in [2.45, 2.75) is 39.2 Å². The number of amides is 1. The Kier molecular flexibility index (Phi) is 6.89. The Morgan fingerprint density at radius 2 is 1.88 bits per heavy atom. The Morgan fingerprint density at radius 1 is 1.23 bits per heavy atom. The minimum absolute atomic E-state index is 0.145. The molecule has 0 aromatic heterocycles. The number of carboxylic acid groups (broad SMARTS) is 1. The van der Waals surface area contributed by atoms with Gasteiger partial charge in [-0.05, 0) is 39.0 Å². The van der Waals surface area contributed by atoms with Gasteiger partial charge >= 0.3 is 18.4 Å². The lowest BCUT2D eigenvalue weighted by Crippen LogP contribution is -2.32. The Labute approximate surface area is 148 Å². The molecule has 0 aliphatic rings. The zero-order valence-corrected chi connectivity index (χ0v) is 14.4. The molecule has 0 heterocycles. The lowest BCUT2D eigenvalue weighted by Gasteiger charge is -2.19. The number of ether oxygens (including phenoxy) is 2. The first-order valence-electron chi connectivity index (χ1n) is 7.46. The van der Waals surface area contributed by atoms with E-state index in [0.717, 1.165) is 12.1 Å². The molecule has 2 N–H and O–H groups in total. The lowest BCUT2D eigenvalue weighted by molar-refractivity contribution is -0.274. The highest BCUT2D eigenvalue weighted by atomic mass is 19.4. The van der Waals surface area contributed by atoms with Gasteiger partial charge in [0.2, 0.25) is 0 Å². The zero-order valence-electron chi connectivity index (χ0n) is 14.4. The van der Waals surface area contributed by atoms with Crippen molar-refractivity contribution in [1.82, 2.24) is 5.32 Å². The summed E-state index contributed by atoms with van der Waals surface area (Å²) in [5.41, 5.74) is -1.11. The summed E-state index contributed by atoms with van der Waals surface area (Å²) in [6, 6.07) is 3.14. The molecule has 0 bridgehead atoms. The molecule has 1 aromatic rings. The Hall–Kier alpha value is -2.89. The molecule has 1 aromatic carbocycles. The monoisotopic (exact) mass is 373 g/mol. The first kappa shape index (κ1) is 21.2. The topological polar surface area (TPSA) is 84.9 Å². The molecule has 1 amide bonds. The molecule has 0 atom stereocenters. The van der Waals surface area contributed by atoms with E-state index < -0.39 is 35.3 Å². The summed E-state index contributed by atoms with van der Waals surface area (Å²) in [4.78, 5) is 22.4. The Balaban J connectivity index is 2.71. The highest BCUT2D eigenvalue weighted by Crippen LogP contribution is 2.27. The number of hydrogen-bond donors (Lipinski definition) is 2. The second-order valence-corrected chi connectivity index (χ2v) is 6.04. The Bertz CT molecular complexity index is 727. The van der Waals surface area contributed by atoms with E-state index in [-0.39, 0.29) is 18.5 Å². The standard InChI is InChI=1S/C17H18F3NO5/c1-16(2,3)26-15(24)21-9-5-4-6-11-7-8-12(14(22)23)13(10-11)25-17(18,19)20/h7-8,10H,5,9H2,1-3H3,(H,21,24)(H,22,23). The van der Waals surface area contributed by atoms with Gasteiger partial charge in [0.05, 0.1) is 0 Å². The average molecular weight is 373 g/mol. The maximum atomic E-state index is 12.4. The summed E-state index contributed by atoms with van der Waals surface area (Å²) in [5, 5.41) is 11.4. The molecule has 0 fully saturated rings. The van der Waals surface area contributed by atoms with Crippen LogP contribution < -0.4 is 10.1 Å². The molecule has 0 aliphatic carbocycles. The van der Waals surface area contributed by atoms with Crippen LogP contribution in [0, 0.1) is 11.8 Å². The van der Waals surface area contributed by atoms with E-state index in [1.54, 1.807) is 20.8 Å². The van der Waals surface area contributed by atoms with E-state index in [9.17, 15) is 22.8 Å². The number of hydrogen-bond acceptors (Lipinski definition) is 4. The fraction of sp³-hybridized carbons (Fsp3) is 0.412. The van der Waals surface area contributed by atoms with Crippen LogP contribution in [-0.2, 0) is 4.74 Å². The summed E-state index contributed by atoms with van der Waals surface area (Å²) in [7, 11) is 0. The number of alkyl carbamates (subject to hydrolysis) is 1. The summed E-state index contributed by atoms with van der Waals surface area (Å²) in [6.07, 6.45) is -5.41. The molecule has 6 nitrogen and oxygen atoms in total. The molecule has 0 saturated carbocycles. The molecule has 26 heavy (non-hydrogen) atoms. The predicted molar refractivity (Wildman–Crippen MR) is 85.8 cm³/mol. The number of carbonyl (C=O) groups excluding carboxylic acids is 1. The summed E-state index contributed by atoms with van der Waals surface area (Å²) in [5.74, 6) is 2.84. The quantitative estimate of drug-likeness (QED) is 0.623. The van der Waals surface area contributed by atoms with E-state index >= 15 is 0 Å². The van der Waals surface area contributed by atoms with Crippen LogP contribution in [0.1, 0.15) is 43.1 Å². The maximum Gasteiger partial charge on any atom is 0.573 e. The molecule has 9 heteroatoms. The molecule has 0 aliphatic heterocycles. The van der Waals surface area contributed by atoms with Crippen LogP contribution in [-0.4, -0.2) is 35.7 Å². The van der Waals surface area contributed by atoms with Gasteiger partial charge in [0.1, 0.15) is 16.9 Å². The van der Waals surface area contributed by atoms with Crippen molar-refractivity contribution in [3.8, 4) is 17.6 Å². The van der Waals surface area contributed by atoms with Crippen molar-refractivity contribution in [1.29, 1.82) is 0 Å². The van der Waals surface area contributed by atoms with Crippen LogP contribution in [0.15, 0.2) is 18.2 Å². The van der Waals surface area contributed by atoms with Gasteiger partial charge in [-0.25, -0.2) is 9.59 Å². The normalized spacial score (nSPS) is 11.2. The molecular weight excluding hydrogens is 355 g/mol. The van der Waals surface area contributed by atoms with Crippen LogP contribution in [0.5, 0.6) is 5.75 Å². The highest BCUT2D eigenvalue weighted by Gasteiger charge is 2.33. The number of carbonyl (C=O) groups is 2. The number of halogens is 3. The summed E-state index contributed by atoms with van der Waals surface area (Å²) >= 11 is 0. The zero-order chi connectivity index (χ0) is 20.0. The number of benzene rings is 1. The fourth-order valence-corrected chi connectivity index (χ4v) is 1.69. The van der Waals surface area contributed by atoms with Gasteiger partial charge in [-0.15, -0.1) is 13.2 Å². The number of nitrogens with one attached hydrogen (secondary N) is 1. The van der Waals surface area contributed by atoms with Gasteiger partial charge in [-0.2, -0.15) is 0 Å². The second kappa shape index (κ2) is 8.47. The molecule has 142 valence electrons. The summed E-state index contributed by atoms with van der Waals surface area (Å²) < 4.78 is 45.8. The molecule has 0 saturated heterocycles. The molecule has 0 radical (unpaired) electrons. The minimum atomic E-state index is -5.02. The fourth-order valence-electron chi connectivity index (χ4n) is 1.69. The second-order valence-electron chi connectivity index (χ2n) is 6.04. The smallest absolute Gasteiger partial charge is 0.478 e. The van der Waals surface area contributed by atoms with Gasteiger partial charge in [0, 0.05) is 18.5 Å². The van der Waals surface area contributed by atoms with E-state index in [0.29, 0.717) is 0 Å². The van der Waals surface area contributed by atoms with Gasteiger partial charge in [0.25, 0.3) is 0 Å². The molecule has 1 rings (SSSR count). The van der Waals surface area contributed by atoms with Gasteiger partial charge in [-0.1, -0.05) is 11.8 Å². The summed E-state index contributed by atoms with van der Waals surface area (Å²) in [6.45, 7) is 5.33. The van der Waals surface area contributed by atoms with E-state index in [1.165, 1.54) is 6.07 Å². The van der Waals surface area contributed by atoms with E-state index in [1.807, 2.05) is 0 Å². The largest absolute Gasteiger partial charge is 0.573 e. The number of aromatic carboxylic acids is 1. The van der Waals surface area contributed by atoms with Gasteiger partial charge in [-0.3, -0.25) is 0 Å². The van der Waals surface area contributed by atoms with Crippen molar-refractivity contribution in [3.05, 3.63) is 29.3 Å². The number of alkyl halides is 3. The molecular formula is C17H18F3NO5. The maximum absolute atomic E-state index is 12.4. The number of rotatable bonds is 4. The van der Waals surface area contributed by atoms with E-state index in [4.69, 9.17) is 9.84 Å². The molecule has 0 unspecified atom stereocenters. The number of carboxylic acids is 1. The van der Waals surface area contributed by atoms with Crippen LogP contribution in [0.25, 0.3) is 0 Å². The third-order valence-corrected chi connectivity index (χ3v) is 2.59. The SMILES string of the molecule is CC(C)(C)OC(=O)NCCC#Cc1ccc(C(=O)O)c(OC(F)(F)F)c1. The van der Waals surface area contributed by atoms with Crippen LogP contribution in [0.3, 0.4) is 0 Å². The van der Waals surface area contributed by atoms with Crippen molar-refractivity contribution < 1.29 is 37.3 Å². The predicted octanol–water partition coefficient (Wildman–Crippen LogP) is 3.55. The van der Waals surface area contributed by atoms with Gasteiger partial charge < -0.3 is 19.9 Å². The Morgan fingerprint density at radius 3 is 2.42 bits per heavy atom. The first-order chi connectivity index (χ1) is 11.9. The first-order valence-corrected chi connectivity index (χ1v) is 7.46. The van der Waals surface area contributed by atoms with Crippen LogP contribution in [0.2, 0.25) is 0 Å².